The van der Waals surface area contributed by atoms with Crippen molar-refractivity contribution in [1.29, 1.82) is 0 Å². The summed E-state index contributed by atoms with van der Waals surface area (Å²) >= 11 is 5.49. The number of piperazine rings is 1. The highest BCUT2D eigenvalue weighted by Crippen LogP contribution is 2.18. The molecule has 0 radical (unpaired) electrons. The quantitative estimate of drug-likeness (QED) is 0.479. The van der Waals surface area contributed by atoms with Crippen LogP contribution in [0.15, 0.2) is 30.5 Å². The first-order chi connectivity index (χ1) is 13.0. The zero-order valence-corrected chi connectivity index (χ0v) is 16.4. The Hall–Kier alpha value is -2.52. The standard InChI is InChI=1S/C18H24N6O2S/c1-3-23-13-15(14(2)20-23)12-21-7-9-22(10-8-21)18(27)19-16-5-4-6-17(11-16)24(25)26/h4-6,11,13H,3,7-10,12H2,1-2H3,(H,19,27). The van der Waals surface area contributed by atoms with E-state index in [1.165, 1.54) is 17.7 Å². The van der Waals surface area contributed by atoms with E-state index in [9.17, 15) is 10.1 Å². The molecule has 0 amide bonds. The van der Waals surface area contributed by atoms with Gasteiger partial charge in [0.15, 0.2) is 5.11 Å². The van der Waals surface area contributed by atoms with Gasteiger partial charge in [-0.05, 0) is 32.1 Å². The van der Waals surface area contributed by atoms with Gasteiger partial charge in [-0.25, -0.2) is 0 Å². The first kappa shape index (κ1) is 19.2. The molecule has 0 atom stereocenters. The van der Waals surface area contributed by atoms with Gasteiger partial charge in [-0.1, -0.05) is 6.07 Å². The van der Waals surface area contributed by atoms with Gasteiger partial charge >= 0.3 is 0 Å². The van der Waals surface area contributed by atoms with Gasteiger partial charge in [-0.15, -0.1) is 0 Å². The molecule has 144 valence electrons. The number of nitro benzene ring substituents is 1. The third-order valence-corrected chi connectivity index (χ3v) is 5.09. The second kappa shape index (κ2) is 8.45. The lowest BCUT2D eigenvalue weighted by atomic mass is 10.2. The zero-order chi connectivity index (χ0) is 19.4. The van der Waals surface area contributed by atoms with E-state index >= 15 is 0 Å². The number of hydrogen-bond acceptors (Lipinski definition) is 5. The van der Waals surface area contributed by atoms with Gasteiger partial charge in [0.1, 0.15) is 0 Å². The molecule has 2 heterocycles. The maximum atomic E-state index is 10.9. The van der Waals surface area contributed by atoms with E-state index in [-0.39, 0.29) is 5.69 Å². The fraction of sp³-hybridized carbons (Fsp3) is 0.444. The minimum Gasteiger partial charge on any atom is -0.346 e. The highest BCUT2D eigenvalue weighted by atomic mass is 32.1. The summed E-state index contributed by atoms with van der Waals surface area (Å²) in [6.45, 7) is 9.38. The average molecular weight is 388 g/mol. The normalized spacial score (nSPS) is 15.0. The highest BCUT2D eigenvalue weighted by molar-refractivity contribution is 7.80. The van der Waals surface area contributed by atoms with Crippen molar-refractivity contribution in [2.75, 3.05) is 31.5 Å². The second-order valence-corrected chi connectivity index (χ2v) is 6.98. The lowest BCUT2D eigenvalue weighted by molar-refractivity contribution is -0.384. The number of nitrogens with one attached hydrogen (secondary N) is 1. The van der Waals surface area contributed by atoms with E-state index < -0.39 is 4.92 Å². The third kappa shape index (κ3) is 4.81. The van der Waals surface area contributed by atoms with Crippen LogP contribution in [0.25, 0.3) is 0 Å². The van der Waals surface area contributed by atoms with Crippen molar-refractivity contribution in [3.05, 3.63) is 51.8 Å². The molecule has 0 bridgehead atoms. The first-order valence-electron chi connectivity index (χ1n) is 9.02. The Morgan fingerprint density at radius 2 is 2.07 bits per heavy atom. The number of hydrogen-bond donors (Lipinski definition) is 1. The van der Waals surface area contributed by atoms with E-state index in [0.717, 1.165) is 45.0 Å². The molecule has 8 nitrogen and oxygen atoms in total. The lowest BCUT2D eigenvalue weighted by Gasteiger charge is -2.36. The fourth-order valence-electron chi connectivity index (χ4n) is 3.13. The monoisotopic (exact) mass is 388 g/mol. The van der Waals surface area contributed by atoms with Crippen LogP contribution in [0.1, 0.15) is 18.2 Å². The van der Waals surface area contributed by atoms with E-state index in [1.807, 2.05) is 4.68 Å². The Labute approximate surface area is 163 Å². The number of benzene rings is 1. The van der Waals surface area contributed by atoms with Crippen LogP contribution in [0.3, 0.4) is 0 Å². The van der Waals surface area contributed by atoms with Gasteiger partial charge in [0.2, 0.25) is 0 Å². The van der Waals surface area contributed by atoms with Gasteiger partial charge in [0.25, 0.3) is 5.69 Å². The highest BCUT2D eigenvalue weighted by Gasteiger charge is 2.20. The van der Waals surface area contributed by atoms with Crippen LogP contribution < -0.4 is 5.32 Å². The minimum atomic E-state index is -0.407. The number of non-ortho nitro benzene ring substituents is 1. The van der Waals surface area contributed by atoms with Gasteiger partial charge in [0, 0.05) is 68.8 Å². The molecule has 1 fully saturated rings. The number of rotatable bonds is 5. The van der Waals surface area contributed by atoms with Crippen LogP contribution in [0.5, 0.6) is 0 Å². The molecule has 1 N–H and O–H groups in total. The van der Waals surface area contributed by atoms with Gasteiger partial charge in [0.05, 0.1) is 10.6 Å². The van der Waals surface area contributed by atoms with Gasteiger partial charge in [-0.3, -0.25) is 19.7 Å². The molecule has 1 aliphatic rings. The predicted octanol–water partition coefficient (Wildman–Crippen LogP) is 2.63. The van der Waals surface area contributed by atoms with Crippen LogP contribution in [-0.2, 0) is 13.1 Å². The topological polar surface area (TPSA) is 79.5 Å². The van der Waals surface area contributed by atoms with Crippen molar-refractivity contribution in [3.8, 4) is 0 Å². The smallest absolute Gasteiger partial charge is 0.271 e. The van der Waals surface area contributed by atoms with E-state index in [1.54, 1.807) is 12.1 Å². The molecule has 1 saturated heterocycles. The molecule has 1 aromatic carbocycles. The Morgan fingerprint density at radius 3 is 2.70 bits per heavy atom. The van der Waals surface area contributed by atoms with Crippen molar-refractivity contribution in [3.63, 3.8) is 0 Å². The van der Waals surface area contributed by atoms with E-state index in [0.29, 0.717) is 10.8 Å². The largest absolute Gasteiger partial charge is 0.346 e. The Morgan fingerprint density at radius 1 is 1.33 bits per heavy atom. The number of aryl methyl sites for hydroxylation is 2. The van der Waals surface area contributed by atoms with Gasteiger partial charge < -0.3 is 10.2 Å². The molecule has 0 saturated carbocycles. The Balaban J connectivity index is 1.52. The molecule has 0 aliphatic carbocycles. The fourth-order valence-corrected chi connectivity index (χ4v) is 3.43. The zero-order valence-electron chi connectivity index (χ0n) is 15.6. The van der Waals surface area contributed by atoms with Crippen molar-refractivity contribution in [2.45, 2.75) is 26.9 Å². The molecular weight excluding hydrogens is 364 g/mol. The van der Waals surface area contributed by atoms with Crippen LogP contribution >= 0.6 is 12.2 Å². The minimum absolute atomic E-state index is 0.0515. The molecular formula is C18H24N6O2S. The van der Waals surface area contributed by atoms with Crippen LogP contribution in [0.4, 0.5) is 11.4 Å². The molecule has 1 aromatic heterocycles. The maximum absolute atomic E-state index is 10.9. The van der Waals surface area contributed by atoms with Crippen molar-refractivity contribution in [1.82, 2.24) is 19.6 Å². The molecule has 27 heavy (non-hydrogen) atoms. The molecule has 0 spiro atoms. The Bertz CT molecular complexity index is 829. The van der Waals surface area contributed by atoms with Crippen LogP contribution in [0, 0.1) is 17.0 Å². The lowest BCUT2D eigenvalue weighted by Crippen LogP contribution is -2.49. The molecule has 3 rings (SSSR count). The summed E-state index contributed by atoms with van der Waals surface area (Å²) in [5.74, 6) is 0. The van der Waals surface area contributed by atoms with E-state index in [2.05, 4.69) is 40.3 Å². The van der Waals surface area contributed by atoms with Crippen LogP contribution in [0.2, 0.25) is 0 Å². The number of anilines is 1. The summed E-state index contributed by atoms with van der Waals surface area (Å²) in [4.78, 5) is 15.0. The third-order valence-electron chi connectivity index (χ3n) is 4.73. The SMILES string of the molecule is CCn1cc(CN2CCN(C(=S)Nc3cccc([N+](=O)[O-])c3)CC2)c(C)n1. The summed E-state index contributed by atoms with van der Waals surface area (Å²) < 4.78 is 1.97. The summed E-state index contributed by atoms with van der Waals surface area (Å²) in [5.41, 5.74) is 3.04. The van der Waals surface area contributed by atoms with Crippen LogP contribution in [-0.4, -0.2) is 55.8 Å². The summed E-state index contributed by atoms with van der Waals surface area (Å²) in [7, 11) is 0. The summed E-state index contributed by atoms with van der Waals surface area (Å²) in [5, 5.41) is 19.1. The van der Waals surface area contributed by atoms with E-state index in [4.69, 9.17) is 12.2 Å². The number of nitro groups is 1. The van der Waals surface area contributed by atoms with Crippen molar-refractivity contribution < 1.29 is 4.92 Å². The molecule has 9 heteroatoms. The predicted molar refractivity (Wildman–Crippen MR) is 109 cm³/mol. The molecule has 0 unspecified atom stereocenters. The number of nitrogens with zero attached hydrogens (tertiary/aromatic N) is 5. The maximum Gasteiger partial charge on any atom is 0.271 e. The molecule has 2 aromatic rings. The second-order valence-electron chi connectivity index (χ2n) is 6.60. The van der Waals surface area contributed by atoms with Crippen molar-refractivity contribution in [2.24, 2.45) is 0 Å². The Kier molecular flexibility index (Phi) is 6.02. The molecule has 1 aliphatic heterocycles. The number of aromatic nitrogens is 2. The average Bonchev–Trinajstić information content (AvgIpc) is 3.02. The first-order valence-corrected chi connectivity index (χ1v) is 9.42. The number of thiocarbonyl (C=S) groups is 1. The van der Waals surface area contributed by atoms with Gasteiger partial charge in [-0.2, -0.15) is 5.10 Å². The summed E-state index contributed by atoms with van der Waals surface area (Å²) in [6, 6.07) is 6.40. The van der Waals surface area contributed by atoms with Crippen molar-refractivity contribution >= 4 is 28.7 Å². The summed E-state index contributed by atoms with van der Waals surface area (Å²) in [6.07, 6.45) is 2.12.